The minimum atomic E-state index is -0.414. The summed E-state index contributed by atoms with van der Waals surface area (Å²) in [7, 11) is 0. The van der Waals surface area contributed by atoms with Gasteiger partial charge in [-0.05, 0) is 39.0 Å². The third-order valence-electron chi connectivity index (χ3n) is 4.99. The fourth-order valence-electron chi connectivity index (χ4n) is 3.49. The lowest BCUT2D eigenvalue weighted by Gasteiger charge is -2.41. The van der Waals surface area contributed by atoms with Crippen molar-refractivity contribution < 1.29 is 5.11 Å². The number of piperidine rings is 1. The quantitative estimate of drug-likeness (QED) is 0.889. The molecule has 2 heterocycles. The summed E-state index contributed by atoms with van der Waals surface area (Å²) in [5, 5.41) is 14.8. The molecule has 0 radical (unpaired) electrons. The Hall–Kier alpha value is -1.07. The van der Waals surface area contributed by atoms with Crippen molar-refractivity contribution in [2.24, 2.45) is 11.8 Å². The van der Waals surface area contributed by atoms with E-state index in [0.29, 0.717) is 31.0 Å². The summed E-state index contributed by atoms with van der Waals surface area (Å²) in [6.07, 6.45) is 0.865. The Labute approximate surface area is 128 Å². The van der Waals surface area contributed by atoms with E-state index in [1.807, 2.05) is 18.5 Å². The molecule has 0 saturated carbocycles. The Kier molecular flexibility index (Phi) is 4.94. The van der Waals surface area contributed by atoms with Crippen LogP contribution in [0.1, 0.15) is 38.6 Å². The molecule has 0 aliphatic carbocycles. The average Bonchev–Trinajstić information content (AvgIpc) is 2.63. The largest absolute Gasteiger partial charge is 0.396 e. The van der Waals surface area contributed by atoms with Crippen LogP contribution in [0.2, 0.25) is 0 Å². The van der Waals surface area contributed by atoms with Gasteiger partial charge in [-0.15, -0.1) is 0 Å². The zero-order valence-corrected chi connectivity index (χ0v) is 14.0. The number of rotatable bonds is 4. The highest BCUT2D eigenvalue weighted by Gasteiger charge is 2.30. The molecule has 5 heteroatoms. The van der Waals surface area contributed by atoms with Gasteiger partial charge < -0.3 is 10.8 Å². The summed E-state index contributed by atoms with van der Waals surface area (Å²) in [5.74, 6) is 1.39. The molecule has 3 N–H and O–H groups in total. The monoisotopic (exact) mass is 294 g/mol. The van der Waals surface area contributed by atoms with E-state index >= 15 is 0 Å². The topological polar surface area (TPSA) is 67.3 Å². The summed E-state index contributed by atoms with van der Waals surface area (Å²) in [5.41, 5.74) is 8.46. The summed E-state index contributed by atoms with van der Waals surface area (Å²) in [4.78, 5) is 2.42. The number of hydrogen-bond acceptors (Lipinski definition) is 4. The molecule has 21 heavy (non-hydrogen) atoms. The molecule has 5 nitrogen and oxygen atoms in total. The van der Waals surface area contributed by atoms with Gasteiger partial charge in [-0.25, -0.2) is 0 Å². The van der Waals surface area contributed by atoms with Crippen LogP contribution in [0, 0.1) is 25.7 Å². The molecule has 4 atom stereocenters. The molecule has 1 aromatic heterocycles. The Morgan fingerprint density at radius 3 is 2.52 bits per heavy atom. The highest BCUT2D eigenvalue weighted by Crippen LogP contribution is 2.27. The summed E-state index contributed by atoms with van der Waals surface area (Å²) in [6.45, 7) is 13.0. The van der Waals surface area contributed by atoms with Gasteiger partial charge in [-0.3, -0.25) is 9.58 Å². The smallest absolute Gasteiger partial charge is 0.0862 e. The van der Waals surface area contributed by atoms with E-state index in [4.69, 9.17) is 5.73 Å². The maximum absolute atomic E-state index is 10.4. The van der Waals surface area contributed by atoms with Gasteiger partial charge in [0.15, 0.2) is 0 Å². The molecule has 120 valence electrons. The van der Waals surface area contributed by atoms with Crippen molar-refractivity contribution in [3.05, 3.63) is 11.4 Å². The Balaban J connectivity index is 1.97. The minimum Gasteiger partial charge on any atom is -0.396 e. The number of nitrogens with zero attached hydrogens (tertiary/aromatic N) is 3. The molecule has 1 fully saturated rings. The number of aromatic nitrogens is 2. The molecule has 0 spiro atoms. The van der Waals surface area contributed by atoms with E-state index in [1.165, 1.54) is 6.42 Å². The first-order valence-electron chi connectivity index (χ1n) is 8.01. The molecule has 4 unspecified atom stereocenters. The van der Waals surface area contributed by atoms with Gasteiger partial charge in [0.25, 0.3) is 0 Å². The second-order valence-electron chi connectivity index (χ2n) is 6.93. The first kappa shape index (κ1) is 16.3. The van der Waals surface area contributed by atoms with Crippen LogP contribution in [-0.2, 0) is 6.54 Å². The van der Waals surface area contributed by atoms with Crippen molar-refractivity contribution in [3.63, 3.8) is 0 Å². The summed E-state index contributed by atoms with van der Waals surface area (Å²) < 4.78 is 1.83. The number of anilines is 1. The van der Waals surface area contributed by atoms with Gasteiger partial charge >= 0.3 is 0 Å². The van der Waals surface area contributed by atoms with Crippen LogP contribution in [0.4, 0.5) is 5.69 Å². The second kappa shape index (κ2) is 6.36. The Morgan fingerprint density at radius 2 is 1.95 bits per heavy atom. The van der Waals surface area contributed by atoms with Crippen molar-refractivity contribution in [2.45, 2.75) is 59.7 Å². The number of aryl methyl sites for hydroxylation is 1. The second-order valence-corrected chi connectivity index (χ2v) is 6.93. The van der Waals surface area contributed by atoms with Crippen molar-refractivity contribution in [3.8, 4) is 0 Å². The zero-order chi connectivity index (χ0) is 15.7. The molecule has 0 aromatic carbocycles. The molecular formula is C16H30N4O. The maximum atomic E-state index is 10.4. The molecular weight excluding hydrogens is 264 g/mol. The van der Waals surface area contributed by atoms with Crippen LogP contribution in [0.3, 0.4) is 0 Å². The predicted octanol–water partition coefficient (Wildman–Crippen LogP) is 1.81. The number of likely N-dealkylation sites (tertiary alicyclic amines) is 1. The van der Waals surface area contributed by atoms with E-state index < -0.39 is 6.10 Å². The van der Waals surface area contributed by atoms with Crippen LogP contribution in [-0.4, -0.2) is 45.0 Å². The molecule has 1 aromatic rings. The van der Waals surface area contributed by atoms with E-state index in [9.17, 15) is 5.11 Å². The van der Waals surface area contributed by atoms with Gasteiger partial charge in [-0.2, -0.15) is 5.10 Å². The van der Waals surface area contributed by atoms with E-state index in [-0.39, 0.29) is 0 Å². The lowest BCUT2D eigenvalue weighted by molar-refractivity contribution is 0.0250. The third kappa shape index (κ3) is 3.58. The fourth-order valence-corrected chi connectivity index (χ4v) is 3.49. The zero-order valence-electron chi connectivity index (χ0n) is 14.0. The van der Waals surface area contributed by atoms with Gasteiger partial charge in [0.05, 0.1) is 29.7 Å². The number of aliphatic hydroxyl groups excluding tert-OH is 1. The highest BCUT2D eigenvalue weighted by molar-refractivity contribution is 5.46. The number of aliphatic hydroxyl groups is 1. The van der Waals surface area contributed by atoms with Crippen LogP contribution < -0.4 is 5.73 Å². The first-order chi connectivity index (χ1) is 9.79. The number of hydrogen-bond donors (Lipinski definition) is 2. The predicted molar refractivity (Wildman–Crippen MR) is 86.1 cm³/mol. The number of β-amino-alcohol motifs (C(OH)–C–C–N with tert-alkyl or cyclic N) is 1. The van der Waals surface area contributed by atoms with Crippen LogP contribution >= 0.6 is 0 Å². The van der Waals surface area contributed by atoms with E-state index in [0.717, 1.165) is 23.6 Å². The van der Waals surface area contributed by atoms with Crippen molar-refractivity contribution >= 4 is 5.69 Å². The normalized spacial score (nSPS) is 28.8. The molecule has 0 amide bonds. The van der Waals surface area contributed by atoms with Crippen molar-refractivity contribution in [1.29, 1.82) is 0 Å². The highest BCUT2D eigenvalue weighted by atomic mass is 16.3. The Bertz CT molecular complexity index is 485. The number of nitrogen functional groups attached to an aromatic ring is 1. The van der Waals surface area contributed by atoms with Gasteiger partial charge in [0, 0.05) is 19.1 Å². The average molecular weight is 294 g/mol. The molecule has 1 aliphatic rings. The van der Waals surface area contributed by atoms with Crippen LogP contribution in [0.15, 0.2) is 0 Å². The minimum absolute atomic E-state index is 0.414. The van der Waals surface area contributed by atoms with Crippen molar-refractivity contribution in [1.82, 2.24) is 14.7 Å². The first-order valence-corrected chi connectivity index (χ1v) is 8.01. The third-order valence-corrected chi connectivity index (χ3v) is 4.99. The van der Waals surface area contributed by atoms with Crippen molar-refractivity contribution in [2.75, 3.05) is 18.8 Å². The summed E-state index contributed by atoms with van der Waals surface area (Å²) in [6, 6.07) is 0.529. The molecule has 1 aliphatic heterocycles. The number of nitrogens with two attached hydrogens (primary N) is 1. The SMILES string of the molecule is Cc1nn(CC(O)CN2CC(C)CC(C)C2C)c(C)c1N. The van der Waals surface area contributed by atoms with E-state index in [2.05, 4.69) is 30.8 Å². The van der Waals surface area contributed by atoms with Crippen LogP contribution in [0.25, 0.3) is 0 Å². The standard InChI is InChI=1S/C16H30N4O/c1-10-6-11(2)13(4)19(7-10)8-15(21)9-20-14(5)16(17)12(3)18-20/h10-11,13,15,21H,6-9,17H2,1-5H3. The van der Waals surface area contributed by atoms with Gasteiger partial charge in [0.1, 0.15) is 0 Å². The van der Waals surface area contributed by atoms with Gasteiger partial charge in [-0.1, -0.05) is 13.8 Å². The Morgan fingerprint density at radius 1 is 1.29 bits per heavy atom. The van der Waals surface area contributed by atoms with Crippen LogP contribution in [0.5, 0.6) is 0 Å². The fraction of sp³-hybridized carbons (Fsp3) is 0.812. The maximum Gasteiger partial charge on any atom is 0.0862 e. The lowest BCUT2D eigenvalue weighted by atomic mass is 9.86. The molecule has 2 rings (SSSR count). The molecule has 0 bridgehead atoms. The van der Waals surface area contributed by atoms with E-state index in [1.54, 1.807) is 0 Å². The lowest BCUT2D eigenvalue weighted by Crippen LogP contribution is -2.49. The molecule has 1 saturated heterocycles. The van der Waals surface area contributed by atoms with Gasteiger partial charge in [0.2, 0.25) is 0 Å². The summed E-state index contributed by atoms with van der Waals surface area (Å²) >= 11 is 0.